The molecule has 1 fully saturated rings. The van der Waals surface area contributed by atoms with Gasteiger partial charge in [-0.25, -0.2) is 4.68 Å². The quantitative estimate of drug-likeness (QED) is 0.615. The topological polar surface area (TPSA) is 75.1 Å². The van der Waals surface area contributed by atoms with Crippen LogP contribution >= 0.6 is 0 Å². The van der Waals surface area contributed by atoms with E-state index in [1.807, 2.05) is 0 Å². The minimum absolute atomic E-state index is 0.0131. The van der Waals surface area contributed by atoms with Crippen molar-refractivity contribution in [2.45, 2.75) is 13.0 Å². The summed E-state index contributed by atoms with van der Waals surface area (Å²) < 4.78 is 1.52. The maximum absolute atomic E-state index is 11.5. The molecule has 0 atom stereocenters. The average Bonchev–Trinajstić information content (AvgIpc) is 2.89. The number of carbonyl (C=O) groups is 1. The van der Waals surface area contributed by atoms with Gasteiger partial charge in [-0.3, -0.25) is 4.79 Å². The van der Waals surface area contributed by atoms with Gasteiger partial charge in [0.1, 0.15) is 6.54 Å². The van der Waals surface area contributed by atoms with Gasteiger partial charge in [0.05, 0.1) is 6.20 Å². The zero-order valence-corrected chi connectivity index (χ0v) is 10.5. The summed E-state index contributed by atoms with van der Waals surface area (Å²) >= 11 is 0. The fraction of sp³-hybridized carbons (Fsp3) is 0.727. The lowest BCUT2D eigenvalue weighted by molar-refractivity contribution is -0.121. The van der Waals surface area contributed by atoms with E-state index in [0.717, 1.165) is 45.7 Å². The van der Waals surface area contributed by atoms with Crippen LogP contribution in [0.15, 0.2) is 12.4 Å². The van der Waals surface area contributed by atoms with Crippen molar-refractivity contribution >= 4 is 5.91 Å². The highest BCUT2D eigenvalue weighted by Gasteiger charge is 2.08. The average molecular weight is 252 g/mol. The number of hydrogen-bond donors (Lipinski definition) is 2. The summed E-state index contributed by atoms with van der Waals surface area (Å²) in [4.78, 5) is 14.0. The number of nitrogens with one attached hydrogen (secondary N) is 2. The third kappa shape index (κ3) is 4.42. The Balaban J connectivity index is 1.53. The van der Waals surface area contributed by atoms with Crippen LogP contribution in [0.2, 0.25) is 0 Å². The minimum atomic E-state index is -0.0131. The minimum Gasteiger partial charge on any atom is -0.354 e. The van der Waals surface area contributed by atoms with E-state index in [1.54, 1.807) is 12.4 Å². The van der Waals surface area contributed by atoms with Gasteiger partial charge < -0.3 is 15.5 Å². The maximum atomic E-state index is 11.5. The largest absolute Gasteiger partial charge is 0.354 e. The van der Waals surface area contributed by atoms with E-state index in [0.29, 0.717) is 0 Å². The van der Waals surface area contributed by atoms with Gasteiger partial charge >= 0.3 is 0 Å². The van der Waals surface area contributed by atoms with E-state index in [9.17, 15) is 4.79 Å². The Morgan fingerprint density at radius 1 is 1.39 bits per heavy atom. The van der Waals surface area contributed by atoms with E-state index in [4.69, 9.17) is 0 Å². The summed E-state index contributed by atoms with van der Waals surface area (Å²) in [6.07, 6.45) is 4.24. The van der Waals surface area contributed by atoms with Crippen molar-refractivity contribution in [3.8, 4) is 0 Å². The Kier molecular flexibility index (Phi) is 5.10. The van der Waals surface area contributed by atoms with Crippen molar-refractivity contribution in [2.24, 2.45) is 0 Å². The molecule has 1 amide bonds. The lowest BCUT2D eigenvalue weighted by atomic mass is 10.3. The Bertz CT molecular complexity index is 346. The van der Waals surface area contributed by atoms with Crippen LogP contribution in [0, 0.1) is 0 Å². The fourth-order valence-corrected chi connectivity index (χ4v) is 1.99. The van der Waals surface area contributed by atoms with Crippen LogP contribution in [0.25, 0.3) is 0 Å². The Morgan fingerprint density at radius 3 is 2.94 bits per heavy atom. The molecular weight excluding hydrogens is 232 g/mol. The molecule has 1 aliphatic rings. The SMILES string of the molecule is O=C(Cn1ccnn1)NCCCN1CCNCC1. The normalized spacial score (nSPS) is 16.7. The Morgan fingerprint density at radius 2 is 2.22 bits per heavy atom. The zero-order valence-electron chi connectivity index (χ0n) is 10.5. The molecule has 0 bridgehead atoms. The van der Waals surface area contributed by atoms with E-state index >= 15 is 0 Å². The van der Waals surface area contributed by atoms with Gasteiger partial charge in [0.25, 0.3) is 0 Å². The molecule has 7 nitrogen and oxygen atoms in total. The van der Waals surface area contributed by atoms with Crippen molar-refractivity contribution in [3.05, 3.63) is 12.4 Å². The highest BCUT2D eigenvalue weighted by atomic mass is 16.2. The maximum Gasteiger partial charge on any atom is 0.241 e. The molecule has 2 rings (SSSR count). The highest BCUT2D eigenvalue weighted by molar-refractivity contribution is 5.75. The first-order chi connectivity index (χ1) is 8.84. The standard InChI is InChI=1S/C11H20N6O/c18-11(10-17-9-5-14-15-17)13-2-1-6-16-7-3-12-4-8-16/h5,9,12H,1-4,6-8,10H2,(H,13,18). The van der Waals surface area contributed by atoms with Gasteiger partial charge in [-0.2, -0.15) is 0 Å². The van der Waals surface area contributed by atoms with Crippen LogP contribution in [-0.2, 0) is 11.3 Å². The molecule has 1 aromatic rings. The summed E-state index contributed by atoms with van der Waals surface area (Å²) in [6, 6.07) is 0. The lowest BCUT2D eigenvalue weighted by Crippen LogP contribution is -2.44. The molecule has 0 unspecified atom stereocenters. The summed E-state index contributed by atoms with van der Waals surface area (Å²) in [7, 11) is 0. The number of rotatable bonds is 6. The third-order valence-corrected chi connectivity index (χ3v) is 2.96. The number of carbonyl (C=O) groups excluding carboxylic acids is 1. The number of piperazine rings is 1. The van der Waals surface area contributed by atoms with Crippen molar-refractivity contribution < 1.29 is 4.79 Å². The first-order valence-corrected chi connectivity index (χ1v) is 6.38. The zero-order chi connectivity index (χ0) is 12.6. The molecule has 18 heavy (non-hydrogen) atoms. The third-order valence-electron chi connectivity index (χ3n) is 2.96. The molecule has 0 aromatic carbocycles. The molecule has 2 heterocycles. The van der Waals surface area contributed by atoms with Gasteiger partial charge in [0, 0.05) is 38.9 Å². The molecule has 0 spiro atoms. The number of hydrogen-bond acceptors (Lipinski definition) is 5. The Hall–Kier alpha value is -1.47. The van der Waals surface area contributed by atoms with E-state index in [2.05, 4.69) is 25.8 Å². The number of amides is 1. The van der Waals surface area contributed by atoms with Gasteiger partial charge in [-0.1, -0.05) is 5.21 Å². The van der Waals surface area contributed by atoms with Gasteiger partial charge in [-0.05, 0) is 13.0 Å². The van der Waals surface area contributed by atoms with Crippen molar-refractivity contribution in [1.82, 2.24) is 30.5 Å². The molecule has 7 heteroatoms. The van der Waals surface area contributed by atoms with E-state index in [1.165, 1.54) is 4.68 Å². The summed E-state index contributed by atoms with van der Waals surface area (Å²) in [5.41, 5.74) is 0. The van der Waals surface area contributed by atoms with Crippen molar-refractivity contribution in [2.75, 3.05) is 39.3 Å². The second kappa shape index (κ2) is 7.07. The van der Waals surface area contributed by atoms with Crippen molar-refractivity contribution in [1.29, 1.82) is 0 Å². The summed E-state index contributed by atoms with van der Waals surface area (Å²) in [5, 5.41) is 13.6. The fourth-order valence-electron chi connectivity index (χ4n) is 1.99. The Labute approximate surface area is 107 Å². The van der Waals surface area contributed by atoms with Gasteiger partial charge in [0.15, 0.2) is 0 Å². The van der Waals surface area contributed by atoms with Crippen molar-refractivity contribution in [3.63, 3.8) is 0 Å². The molecule has 1 aromatic heterocycles. The molecule has 1 aliphatic heterocycles. The number of aromatic nitrogens is 3. The first-order valence-electron chi connectivity index (χ1n) is 6.38. The highest BCUT2D eigenvalue weighted by Crippen LogP contribution is 1.93. The second-order valence-electron chi connectivity index (χ2n) is 4.40. The number of nitrogens with zero attached hydrogens (tertiary/aromatic N) is 4. The smallest absolute Gasteiger partial charge is 0.241 e. The van der Waals surface area contributed by atoms with Crippen LogP contribution in [0.4, 0.5) is 0 Å². The summed E-state index contributed by atoms with van der Waals surface area (Å²) in [5.74, 6) is -0.0131. The van der Waals surface area contributed by atoms with E-state index in [-0.39, 0.29) is 12.5 Å². The molecule has 1 saturated heterocycles. The van der Waals surface area contributed by atoms with Crippen LogP contribution in [0.1, 0.15) is 6.42 Å². The first kappa shape index (κ1) is 13.0. The summed E-state index contributed by atoms with van der Waals surface area (Å²) in [6.45, 7) is 6.35. The molecule has 2 N–H and O–H groups in total. The van der Waals surface area contributed by atoms with Crippen LogP contribution < -0.4 is 10.6 Å². The molecular formula is C11H20N6O. The van der Waals surface area contributed by atoms with Gasteiger partial charge in [-0.15, -0.1) is 5.10 Å². The van der Waals surface area contributed by atoms with Crippen LogP contribution in [-0.4, -0.2) is 65.1 Å². The predicted molar refractivity (Wildman–Crippen MR) is 67.0 cm³/mol. The monoisotopic (exact) mass is 252 g/mol. The molecule has 0 aliphatic carbocycles. The molecule has 100 valence electrons. The lowest BCUT2D eigenvalue weighted by Gasteiger charge is -2.27. The second-order valence-corrected chi connectivity index (χ2v) is 4.40. The van der Waals surface area contributed by atoms with Crippen LogP contribution in [0.5, 0.6) is 0 Å². The predicted octanol–water partition coefficient (Wildman–Crippen LogP) is -1.31. The molecule has 0 radical (unpaired) electrons. The van der Waals surface area contributed by atoms with E-state index < -0.39 is 0 Å². The van der Waals surface area contributed by atoms with Crippen LogP contribution in [0.3, 0.4) is 0 Å². The molecule has 0 saturated carbocycles. The van der Waals surface area contributed by atoms with Gasteiger partial charge in [0.2, 0.25) is 5.91 Å².